The molecule has 1 saturated heterocycles. The van der Waals surface area contributed by atoms with Crippen LogP contribution in [0.1, 0.15) is 39.4 Å². The van der Waals surface area contributed by atoms with Crippen LogP contribution in [-0.2, 0) is 4.79 Å². The number of carbonyl (C=O) groups is 2. The van der Waals surface area contributed by atoms with Crippen molar-refractivity contribution in [3.8, 4) is 0 Å². The van der Waals surface area contributed by atoms with Crippen molar-refractivity contribution in [3.63, 3.8) is 0 Å². The van der Waals surface area contributed by atoms with Crippen LogP contribution in [0.3, 0.4) is 0 Å². The predicted octanol–water partition coefficient (Wildman–Crippen LogP) is 2.10. The van der Waals surface area contributed by atoms with Crippen LogP contribution in [-0.4, -0.2) is 42.4 Å². The number of carbonyl (C=O) groups excluding carboxylic acids is 2. The van der Waals surface area contributed by atoms with Crippen molar-refractivity contribution < 1.29 is 9.59 Å². The molecule has 0 unspecified atom stereocenters. The molecule has 0 spiro atoms. The molecule has 0 radical (unpaired) electrons. The summed E-state index contributed by atoms with van der Waals surface area (Å²) in [6, 6.07) is 2.16. The lowest BCUT2D eigenvalue weighted by molar-refractivity contribution is -0.118. The Bertz CT molecular complexity index is 595. The third kappa shape index (κ3) is 4.49. The average molecular weight is 372 g/mol. The van der Waals surface area contributed by atoms with Crippen LogP contribution in [0.15, 0.2) is 6.07 Å². The van der Waals surface area contributed by atoms with E-state index in [1.165, 1.54) is 23.3 Å². The summed E-state index contributed by atoms with van der Waals surface area (Å²) < 4.78 is 0. The second kappa shape index (κ2) is 7.85. The lowest BCUT2D eigenvalue weighted by atomic mass is 9.98. The SMILES string of the molecule is Cc1cc(C(=O)N[C@H]2CN(CCC(N)=O)C[C@@H]2C2CC2)sc1C.Cl. The molecule has 134 valence electrons. The van der Waals surface area contributed by atoms with E-state index >= 15 is 0 Å². The number of hydrogen-bond donors (Lipinski definition) is 2. The predicted molar refractivity (Wildman–Crippen MR) is 98.8 cm³/mol. The van der Waals surface area contributed by atoms with E-state index in [2.05, 4.69) is 10.2 Å². The van der Waals surface area contributed by atoms with E-state index in [9.17, 15) is 9.59 Å². The molecule has 24 heavy (non-hydrogen) atoms. The summed E-state index contributed by atoms with van der Waals surface area (Å²) in [5.41, 5.74) is 6.43. The van der Waals surface area contributed by atoms with Crippen LogP contribution in [0.5, 0.6) is 0 Å². The van der Waals surface area contributed by atoms with Crippen molar-refractivity contribution in [3.05, 3.63) is 21.4 Å². The van der Waals surface area contributed by atoms with Crippen molar-refractivity contribution in [2.45, 2.75) is 39.2 Å². The number of nitrogens with zero attached hydrogens (tertiary/aromatic N) is 1. The molecule has 1 aromatic rings. The van der Waals surface area contributed by atoms with Crippen molar-refractivity contribution in [1.29, 1.82) is 0 Å². The van der Waals surface area contributed by atoms with Gasteiger partial charge in [0, 0.05) is 37.0 Å². The molecule has 3 rings (SSSR count). The van der Waals surface area contributed by atoms with Crippen molar-refractivity contribution in [1.82, 2.24) is 10.2 Å². The number of halogens is 1. The lowest BCUT2D eigenvalue weighted by Crippen LogP contribution is -2.41. The maximum Gasteiger partial charge on any atom is 0.261 e. The van der Waals surface area contributed by atoms with Crippen molar-refractivity contribution >= 4 is 35.6 Å². The Hall–Kier alpha value is -1.11. The number of thiophene rings is 1. The topological polar surface area (TPSA) is 75.4 Å². The molecule has 0 bridgehead atoms. The van der Waals surface area contributed by atoms with Crippen LogP contribution >= 0.6 is 23.7 Å². The van der Waals surface area contributed by atoms with Gasteiger partial charge in [0.25, 0.3) is 5.91 Å². The van der Waals surface area contributed by atoms with E-state index in [1.54, 1.807) is 11.3 Å². The maximum absolute atomic E-state index is 12.5. The van der Waals surface area contributed by atoms with Gasteiger partial charge in [0.1, 0.15) is 0 Å². The van der Waals surface area contributed by atoms with Gasteiger partial charge in [-0.15, -0.1) is 23.7 Å². The zero-order valence-electron chi connectivity index (χ0n) is 14.2. The first-order valence-corrected chi connectivity index (χ1v) is 9.14. The first kappa shape index (κ1) is 19.2. The molecule has 0 aromatic carbocycles. The molecule has 1 aromatic heterocycles. The van der Waals surface area contributed by atoms with Crippen LogP contribution in [0.2, 0.25) is 0 Å². The van der Waals surface area contributed by atoms with Gasteiger partial charge in [-0.2, -0.15) is 0 Å². The second-order valence-corrected chi connectivity index (χ2v) is 8.16. The quantitative estimate of drug-likeness (QED) is 0.804. The van der Waals surface area contributed by atoms with Crippen molar-refractivity contribution in [2.75, 3.05) is 19.6 Å². The maximum atomic E-state index is 12.5. The summed E-state index contributed by atoms with van der Waals surface area (Å²) >= 11 is 1.56. The third-order valence-corrected chi connectivity index (χ3v) is 6.20. The van der Waals surface area contributed by atoms with E-state index in [4.69, 9.17) is 5.73 Å². The molecule has 2 fully saturated rings. The summed E-state index contributed by atoms with van der Waals surface area (Å²) in [5, 5.41) is 3.24. The highest BCUT2D eigenvalue weighted by Crippen LogP contribution is 2.41. The number of nitrogens with one attached hydrogen (secondary N) is 1. The molecule has 5 nitrogen and oxygen atoms in total. The summed E-state index contributed by atoms with van der Waals surface area (Å²) in [7, 11) is 0. The first-order chi connectivity index (χ1) is 10.9. The van der Waals surface area contributed by atoms with Crippen LogP contribution in [0, 0.1) is 25.7 Å². The van der Waals surface area contributed by atoms with Crippen LogP contribution in [0.4, 0.5) is 0 Å². The summed E-state index contributed by atoms with van der Waals surface area (Å²) in [5.74, 6) is 1.02. The molecule has 2 aliphatic rings. The largest absolute Gasteiger partial charge is 0.370 e. The first-order valence-electron chi connectivity index (χ1n) is 8.32. The Morgan fingerprint density at radius 2 is 2.04 bits per heavy atom. The zero-order chi connectivity index (χ0) is 16.6. The second-order valence-electron chi connectivity index (χ2n) is 6.91. The molecule has 2 amide bonds. The molecular weight excluding hydrogens is 346 g/mol. The van der Waals surface area contributed by atoms with Gasteiger partial charge in [0.15, 0.2) is 0 Å². The molecule has 1 saturated carbocycles. The molecule has 7 heteroatoms. The fraction of sp³-hybridized carbons (Fsp3) is 0.647. The third-order valence-electron chi connectivity index (χ3n) is 5.05. The Morgan fingerprint density at radius 3 is 2.58 bits per heavy atom. The van der Waals surface area contributed by atoms with E-state index in [0.29, 0.717) is 18.9 Å². The Balaban J connectivity index is 0.00000208. The molecule has 2 heterocycles. The van der Waals surface area contributed by atoms with Gasteiger partial charge < -0.3 is 16.0 Å². The van der Waals surface area contributed by atoms with E-state index < -0.39 is 0 Å². The van der Waals surface area contributed by atoms with E-state index in [1.807, 2.05) is 19.9 Å². The van der Waals surface area contributed by atoms with Gasteiger partial charge in [-0.1, -0.05) is 0 Å². The molecule has 2 atom stereocenters. The molecule has 3 N–H and O–H groups in total. The van der Waals surface area contributed by atoms with Crippen molar-refractivity contribution in [2.24, 2.45) is 17.6 Å². The minimum Gasteiger partial charge on any atom is -0.370 e. The normalized spacial score (nSPS) is 23.8. The Morgan fingerprint density at radius 1 is 1.33 bits per heavy atom. The number of likely N-dealkylation sites (tertiary alicyclic amines) is 1. The minimum absolute atomic E-state index is 0. The minimum atomic E-state index is -0.259. The number of amides is 2. The van der Waals surface area contributed by atoms with Gasteiger partial charge >= 0.3 is 0 Å². The van der Waals surface area contributed by atoms with Crippen LogP contribution < -0.4 is 11.1 Å². The number of aryl methyl sites for hydroxylation is 2. The average Bonchev–Trinajstić information content (AvgIpc) is 3.17. The molecule has 1 aliphatic carbocycles. The van der Waals surface area contributed by atoms with Gasteiger partial charge in [-0.05, 0) is 50.2 Å². The van der Waals surface area contributed by atoms with E-state index in [-0.39, 0.29) is 30.3 Å². The van der Waals surface area contributed by atoms with Gasteiger partial charge in [-0.25, -0.2) is 0 Å². The highest BCUT2D eigenvalue weighted by molar-refractivity contribution is 7.14. The van der Waals surface area contributed by atoms with Gasteiger partial charge in [0.05, 0.1) is 4.88 Å². The summed E-state index contributed by atoms with van der Waals surface area (Å²) in [4.78, 5) is 27.8. The highest BCUT2D eigenvalue weighted by Gasteiger charge is 2.43. The van der Waals surface area contributed by atoms with E-state index in [0.717, 1.165) is 23.9 Å². The standard InChI is InChI=1S/C17H25N3O2S.ClH/c1-10-7-15(23-11(10)2)17(22)19-14-9-20(6-5-16(18)21)8-13(14)12-3-4-12;/h7,12-14H,3-6,8-9H2,1-2H3,(H2,18,21)(H,19,22);1H/t13-,14+;/m1./s1. The fourth-order valence-electron chi connectivity index (χ4n) is 3.44. The summed E-state index contributed by atoms with van der Waals surface area (Å²) in [6.07, 6.45) is 2.91. The number of hydrogen-bond acceptors (Lipinski definition) is 4. The number of rotatable bonds is 6. The Kier molecular flexibility index (Phi) is 6.28. The smallest absolute Gasteiger partial charge is 0.261 e. The zero-order valence-corrected chi connectivity index (χ0v) is 15.8. The molecule has 1 aliphatic heterocycles. The van der Waals surface area contributed by atoms with Gasteiger partial charge in [0.2, 0.25) is 5.91 Å². The van der Waals surface area contributed by atoms with Crippen LogP contribution in [0.25, 0.3) is 0 Å². The fourth-order valence-corrected chi connectivity index (χ4v) is 4.38. The summed E-state index contributed by atoms with van der Waals surface area (Å²) in [6.45, 7) is 6.57. The number of primary amides is 1. The monoisotopic (exact) mass is 371 g/mol. The number of nitrogens with two attached hydrogens (primary N) is 1. The lowest BCUT2D eigenvalue weighted by Gasteiger charge is -2.19. The van der Waals surface area contributed by atoms with Gasteiger partial charge in [-0.3, -0.25) is 9.59 Å². The highest BCUT2D eigenvalue weighted by atomic mass is 35.5. The Labute approximate surface area is 153 Å². The molecular formula is C17H26ClN3O2S.